The largest absolute Gasteiger partial charge is 0.496 e. The quantitative estimate of drug-likeness (QED) is 0.878. The zero-order valence-corrected chi connectivity index (χ0v) is 10.2. The van der Waals surface area contributed by atoms with Crippen LogP contribution in [0, 0.1) is 6.92 Å². The molecular weight excluding hydrogens is 214 g/mol. The number of aromatic nitrogens is 2. The Kier molecular flexibility index (Phi) is 3.23. The van der Waals surface area contributed by atoms with Gasteiger partial charge in [-0.05, 0) is 36.8 Å². The normalized spacial score (nSPS) is 10.1. The molecule has 1 aromatic heterocycles. The third-order valence-corrected chi connectivity index (χ3v) is 2.55. The molecule has 0 spiro atoms. The highest BCUT2D eigenvalue weighted by Gasteiger charge is 2.07. The van der Waals surface area contributed by atoms with Gasteiger partial charge in [-0.3, -0.25) is 0 Å². The van der Waals surface area contributed by atoms with Crippen LogP contribution in [-0.4, -0.2) is 24.4 Å². The molecule has 4 nitrogen and oxygen atoms in total. The van der Waals surface area contributed by atoms with Crippen molar-refractivity contribution in [2.24, 2.45) is 0 Å². The third-order valence-electron chi connectivity index (χ3n) is 2.55. The maximum atomic E-state index is 5.35. The molecule has 0 unspecified atom stereocenters. The second-order valence-electron chi connectivity index (χ2n) is 3.76. The predicted molar refractivity (Wildman–Crippen MR) is 68.3 cm³/mol. The Balaban J connectivity index is 2.44. The van der Waals surface area contributed by atoms with Crippen LogP contribution in [0.15, 0.2) is 30.3 Å². The molecule has 88 valence electrons. The van der Waals surface area contributed by atoms with E-state index in [4.69, 9.17) is 4.74 Å². The van der Waals surface area contributed by atoms with Crippen LogP contribution in [0.5, 0.6) is 5.75 Å². The summed E-state index contributed by atoms with van der Waals surface area (Å²) in [6, 6.07) is 9.83. The summed E-state index contributed by atoms with van der Waals surface area (Å²) in [5, 5.41) is 11.2. The van der Waals surface area contributed by atoms with E-state index in [1.807, 2.05) is 44.3 Å². The summed E-state index contributed by atoms with van der Waals surface area (Å²) in [4.78, 5) is 0. The van der Waals surface area contributed by atoms with Gasteiger partial charge in [0.2, 0.25) is 0 Å². The maximum Gasteiger partial charge on any atom is 0.148 e. The van der Waals surface area contributed by atoms with Crippen LogP contribution >= 0.6 is 0 Å². The highest BCUT2D eigenvalue weighted by atomic mass is 16.5. The monoisotopic (exact) mass is 229 g/mol. The number of nitrogens with zero attached hydrogens (tertiary/aromatic N) is 2. The lowest BCUT2D eigenvalue weighted by atomic mass is 10.1. The lowest BCUT2D eigenvalue weighted by Gasteiger charge is -2.08. The van der Waals surface area contributed by atoms with E-state index in [-0.39, 0.29) is 0 Å². The number of rotatable bonds is 3. The topological polar surface area (TPSA) is 47.0 Å². The van der Waals surface area contributed by atoms with Crippen molar-refractivity contribution in [1.82, 2.24) is 10.2 Å². The van der Waals surface area contributed by atoms with E-state index in [1.54, 1.807) is 7.11 Å². The number of hydrogen-bond donors (Lipinski definition) is 1. The molecule has 0 amide bonds. The van der Waals surface area contributed by atoms with Crippen LogP contribution < -0.4 is 10.1 Å². The minimum absolute atomic E-state index is 0.750. The van der Waals surface area contributed by atoms with Gasteiger partial charge in [0.05, 0.1) is 12.8 Å². The van der Waals surface area contributed by atoms with E-state index in [1.165, 1.54) is 0 Å². The van der Waals surface area contributed by atoms with Gasteiger partial charge in [-0.15, -0.1) is 10.2 Å². The number of methoxy groups -OCH3 is 1. The lowest BCUT2D eigenvalue weighted by Crippen LogP contribution is -1.96. The van der Waals surface area contributed by atoms with Gasteiger partial charge in [0, 0.05) is 12.6 Å². The highest BCUT2D eigenvalue weighted by molar-refractivity contribution is 5.67. The SMILES string of the molecule is CNc1ccc(-c2ccc(C)cc2OC)nn1. The summed E-state index contributed by atoms with van der Waals surface area (Å²) >= 11 is 0. The van der Waals surface area contributed by atoms with Crippen LogP contribution in [0.25, 0.3) is 11.3 Å². The van der Waals surface area contributed by atoms with Gasteiger partial charge in [-0.25, -0.2) is 0 Å². The zero-order valence-electron chi connectivity index (χ0n) is 10.2. The summed E-state index contributed by atoms with van der Waals surface area (Å²) in [7, 11) is 3.48. The average Bonchev–Trinajstić information content (AvgIpc) is 2.39. The molecule has 1 aromatic carbocycles. The Labute approximate surface area is 101 Å². The Hall–Kier alpha value is -2.10. The Morgan fingerprint density at radius 3 is 2.53 bits per heavy atom. The van der Waals surface area contributed by atoms with Gasteiger partial charge in [0.25, 0.3) is 0 Å². The summed E-state index contributed by atoms with van der Waals surface area (Å²) in [5.41, 5.74) is 2.92. The summed E-state index contributed by atoms with van der Waals surface area (Å²) < 4.78 is 5.35. The van der Waals surface area contributed by atoms with Crippen molar-refractivity contribution in [1.29, 1.82) is 0 Å². The van der Waals surface area contributed by atoms with Gasteiger partial charge in [0.1, 0.15) is 11.6 Å². The smallest absolute Gasteiger partial charge is 0.148 e. The van der Waals surface area contributed by atoms with Crippen LogP contribution in [-0.2, 0) is 0 Å². The van der Waals surface area contributed by atoms with E-state index in [9.17, 15) is 0 Å². The second kappa shape index (κ2) is 4.82. The van der Waals surface area contributed by atoms with Crippen LogP contribution in [0.1, 0.15) is 5.56 Å². The number of ether oxygens (including phenoxy) is 1. The first-order valence-electron chi connectivity index (χ1n) is 5.41. The minimum atomic E-state index is 0.750. The third kappa shape index (κ3) is 2.36. The molecule has 0 aliphatic carbocycles. The molecule has 0 saturated carbocycles. The highest BCUT2D eigenvalue weighted by Crippen LogP contribution is 2.29. The lowest BCUT2D eigenvalue weighted by molar-refractivity contribution is 0.416. The first-order valence-corrected chi connectivity index (χ1v) is 5.41. The van der Waals surface area contributed by atoms with Crippen molar-refractivity contribution >= 4 is 5.82 Å². The average molecular weight is 229 g/mol. The molecule has 17 heavy (non-hydrogen) atoms. The van der Waals surface area contributed by atoms with Crippen molar-refractivity contribution in [3.63, 3.8) is 0 Å². The molecule has 0 radical (unpaired) electrons. The second-order valence-corrected chi connectivity index (χ2v) is 3.76. The van der Waals surface area contributed by atoms with E-state index < -0.39 is 0 Å². The maximum absolute atomic E-state index is 5.35. The fourth-order valence-electron chi connectivity index (χ4n) is 1.62. The number of hydrogen-bond acceptors (Lipinski definition) is 4. The molecule has 1 N–H and O–H groups in total. The first kappa shape index (κ1) is 11.4. The summed E-state index contributed by atoms with van der Waals surface area (Å²) in [5.74, 6) is 1.57. The number of aryl methyl sites for hydroxylation is 1. The predicted octanol–water partition coefficient (Wildman–Crippen LogP) is 2.50. The zero-order chi connectivity index (χ0) is 12.3. The van der Waals surface area contributed by atoms with Crippen LogP contribution in [0.2, 0.25) is 0 Å². The Morgan fingerprint density at radius 2 is 1.94 bits per heavy atom. The van der Waals surface area contributed by atoms with Gasteiger partial charge in [-0.1, -0.05) is 6.07 Å². The minimum Gasteiger partial charge on any atom is -0.496 e. The van der Waals surface area contributed by atoms with Gasteiger partial charge < -0.3 is 10.1 Å². The van der Waals surface area contributed by atoms with E-state index >= 15 is 0 Å². The van der Waals surface area contributed by atoms with Gasteiger partial charge >= 0.3 is 0 Å². The molecule has 2 rings (SSSR count). The van der Waals surface area contributed by atoms with Crippen molar-refractivity contribution in [2.45, 2.75) is 6.92 Å². The fraction of sp³-hybridized carbons (Fsp3) is 0.231. The molecule has 0 aliphatic heterocycles. The summed E-state index contributed by atoms with van der Waals surface area (Å²) in [6.07, 6.45) is 0. The molecule has 2 aromatic rings. The molecule has 0 saturated heterocycles. The molecule has 0 atom stereocenters. The molecule has 1 heterocycles. The molecule has 0 bridgehead atoms. The number of benzene rings is 1. The van der Waals surface area contributed by atoms with E-state index in [2.05, 4.69) is 15.5 Å². The van der Waals surface area contributed by atoms with Crippen LogP contribution in [0.3, 0.4) is 0 Å². The number of anilines is 1. The molecule has 4 heteroatoms. The molecule has 0 aliphatic rings. The van der Waals surface area contributed by atoms with E-state index in [0.717, 1.165) is 28.4 Å². The van der Waals surface area contributed by atoms with Crippen LogP contribution in [0.4, 0.5) is 5.82 Å². The van der Waals surface area contributed by atoms with Gasteiger partial charge in [0.15, 0.2) is 0 Å². The van der Waals surface area contributed by atoms with Crippen molar-refractivity contribution in [3.8, 4) is 17.0 Å². The van der Waals surface area contributed by atoms with E-state index in [0.29, 0.717) is 0 Å². The summed E-state index contributed by atoms with van der Waals surface area (Å²) in [6.45, 7) is 2.03. The van der Waals surface area contributed by atoms with Crippen molar-refractivity contribution in [3.05, 3.63) is 35.9 Å². The fourth-order valence-corrected chi connectivity index (χ4v) is 1.62. The Bertz CT molecular complexity index is 509. The van der Waals surface area contributed by atoms with Crippen molar-refractivity contribution < 1.29 is 4.74 Å². The standard InChI is InChI=1S/C13H15N3O/c1-9-4-5-10(12(8-9)17-3)11-6-7-13(14-2)16-15-11/h4-8H,1-3H3,(H,14,16). The Morgan fingerprint density at radius 1 is 1.12 bits per heavy atom. The van der Waals surface area contributed by atoms with Crippen molar-refractivity contribution in [2.75, 3.05) is 19.5 Å². The molecular formula is C13H15N3O. The first-order chi connectivity index (χ1) is 8.24. The molecule has 0 fully saturated rings. The van der Waals surface area contributed by atoms with Gasteiger partial charge in [-0.2, -0.15) is 0 Å². The number of nitrogens with one attached hydrogen (secondary N) is 1.